The van der Waals surface area contributed by atoms with Crippen LogP contribution in [0.5, 0.6) is 0 Å². The van der Waals surface area contributed by atoms with Gasteiger partial charge in [-0.3, -0.25) is 20.2 Å². The van der Waals surface area contributed by atoms with Crippen molar-refractivity contribution >= 4 is 23.0 Å². The maximum atomic E-state index is 13.2. The first-order chi connectivity index (χ1) is 13.9. The van der Waals surface area contributed by atoms with Crippen molar-refractivity contribution in [2.45, 2.75) is 38.5 Å². The molecule has 0 atom stereocenters. The average Bonchev–Trinajstić information content (AvgIpc) is 2.58. The Morgan fingerprint density at radius 3 is 1.61 bits per heavy atom. The number of nitro groups is 2. The molecule has 0 unspecified atom stereocenters. The summed E-state index contributed by atoms with van der Waals surface area (Å²) in [7, 11) is 0. The minimum absolute atomic E-state index is 0.0214. The molecule has 0 aliphatic carbocycles. The molecule has 9 nitrogen and oxygen atoms in total. The number of hydrogen-bond donors (Lipinski definition) is 1. The van der Waals surface area contributed by atoms with Gasteiger partial charge in [0.25, 0.3) is 0 Å². The van der Waals surface area contributed by atoms with Gasteiger partial charge in [-0.25, -0.2) is 9.97 Å². The van der Waals surface area contributed by atoms with E-state index in [-0.39, 0.29) is 17.8 Å². The van der Waals surface area contributed by atoms with Crippen molar-refractivity contribution in [2.24, 2.45) is 0 Å². The van der Waals surface area contributed by atoms with Gasteiger partial charge in [0.1, 0.15) is 5.69 Å². The molecule has 0 bridgehead atoms. The van der Waals surface area contributed by atoms with E-state index >= 15 is 0 Å². The summed E-state index contributed by atoms with van der Waals surface area (Å²) in [5.41, 5.74) is -8.14. The van der Waals surface area contributed by atoms with Gasteiger partial charge in [-0.15, -0.1) is 0 Å². The highest BCUT2D eigenvalue weighted by atomic mass is 19.4. The Morgan fingerprint density at radius 2 is 1.26 bits per heavy atom. The topological polar surface area (TPSA) is 124 Å². The maximum absolute atomic E-state index is 13.2. The van der Waals surface area contributed by atoms with Gasteiger partial charge in [-0.2, -0.15) is 26.3 Å². The lowest BCUT2D eigenvalue weighted by Gasteiger charge is -2.20. The van der Waals surface area contributed by atoms with Crippen LogP contribution in [-0.2, 0) is 17.8 Å². The number of hydrogen-bond acceptors (Lipinski definition) is 7. The van der Waals surface area contributed by atoms with E-state index in [9.17, 15) is 46.6 Å². The van der Waals surface area contributed by atoms with Crippen molar-refractivity contribution in [1.29, 1.82) is 0 Å². The molecule has 1 aromatic carbocycles. The van der Waals surface area contributed by atoms with Gasteiger partial charge in [0.2, 0.25) is 5.95 Å². The fourth-order valence-electron chi connectivity index (χ4n) is 2.34. The molecule has 1 aromatic heterocycles. The molecule has 31 heavy (non-hydrogen) atoms. The number of alkyl halides is 6. The molecule has 2 rings (SSSR count). The number of rotatable bonds is 4. The van der Waals surface area contributed by atoms with E-state index in [4.69, 9.17) is 0 Å². The van der Waals surface area contributed by atoms with Gasteiger partial charge >= 0.3 is 23.7 Å². The maximum Gasteiger partial charge on any atom is 0.433 e. The van der Waals surface area contributed by atoms with Gasteiger partial charge in [0.15, 0.2) is 5.69 Å². The van der Waals surface area contributed by atoms with Crippen LogP contribution in [0.3, 0.4) is 0 Å². The van der Waals surface area contributed by atoms with Crippen LogP contribution in [0.2, 0.25) is 0 Å². The Hall–Kier alpha value is -3.52. The highest BCUT2D eigenvalue weighted by molar-refractivity contribution is 5.78. The van der Waals surface area contributed by atoms with Crippen LogP contribution in [0.1, 0.15) is 37.7 Å². The molecule has 0 saturated carbocycles. The van der Waals surface area contributed by atoms with Crippen molar-refractivity contribution < 1.29 is 36.2 Å². The number of nitrogens with one attached hydrogen (secondary N) is 1. The quantitative estimate of drug-likeness (QED) is 0.375. The van der Waals surface area contributed by atoms with Crippen LogP contribution in [0.25, 0.3) is 0 Å². The first kappa shape index (κ1) is 23.8. The van der Waals surface area contributed by atoms with Gasteiger partial charge in [-0.05, 0) is 6.07 Å². The monoisotopic (exact) mass is 453 g/mol. The SMILES string of the molecule is CC(C)(C)c1cc(C(F)(F)F)nc(Nc2c([N+](=O)[O-])cc(C(F)(F)F)cc2[N+](=O)[O-])n1. The zero-order valence-corrected chi connectivity index (χ0v) is 15.9. The molecular formula is C16H13F6N5O4. The van der Waals surface area contributed by atoms with Crippen molar-refractivity contribution in [2.75, 3.05) is 5.32 Å². The summed E-state index contributed by atoms with van der Waals surface area (Å²) in [6, 6.07) is 0.669. The van der Waals surface area contributed by atoms with Crippen molar-refractivity contribution in [1.82, 2.24) is 9.97 Å². The molecule has 0 saturated heterocycles. The van der Waals surface area contributed by atoms with E-state index in [0.29, 0.717) is 6.07 Å². The van der Waals surface area contributed by atoms with Crippen molar-refractivity contribution in [3.8, 4) is 0 Å². The van der Waals surface area contributed by atoms with E-state index < -0.39 is 61.9 Å². The third kappa shape index (κ3) is 5.35. The standard InChI is InChI=1S/C16H13F6N5O4/c1-14(2,3)10-6-11(16(20,21)22)24-13(23-10)25-12-8(26(28)29)4-7(15(17,18)19)5-9(12)27(30)31/h4-6H,1-3H3,(H,23,24,25). The second-order valence-corrected chi connectivity index (χ2v) is 7.24. The smallest absolute Gasteiger partial charge is 0.313 e. The molecule has 168 valence electrons. The van der Waals surface area contributed by atoms with E-state index in [2.05, 4.69) is 9.97 Å². The molecule has 2 aromatic rings. The van der Waals surface area contributed by atoms with E-state index in [1.165, 1.54) is 20.8 Å². The molecular weight excluding hydrogens is 440 g/mol. The predicted molar refractivity (Wildman–Crippen MR) is 93.8 cm³/mol. The van der Waals surface area contributed by atoms with Crippen LogP contribution < -0.4 is 5.32 Å². The fourth-order valence-corrected chi connectivity index (χ4v) is 2.34. The Kier molecular flexibility index (Phi) is 5.84. The molecule has 0 aliphatic heterocycles. The Balaban J connectivity index is 2.78. The summed E-state index contributed by atoms with van der Waals surface area (Å²) in [4.78, 5) is 26.8. The molecule has 1 N–H and O–H groups in total. The summed E-state index contributed by atoms with van der Waals surface area (Å²) in [6.07, 6.45) is -10.1. The van der Waals surface area contributed by atoms with Crippen LogP contribution in [0.4, 0.5) is 49.4 Å². The molecule has 0 radical (unpaired) electrons. The summed E-state index contributed by atoms with van der Waals surface area (Å²) < 4.78 is 78.6. The van der Waals surface area contributed by atoms with Gasteiger partial charge in [-0.1, -0.05) is 20.8 Å². The molecule has 0 spiro atoms. The number of halogens is 6. The first-order valence-corrected chi connectivity index (χ1v) is 8.19. The Morgan fingerprint density at radius 1 is 0.806 bits per heavy atom. The highest BCUT2D eigenvalue weighted by Crippen LogP contribution is 2.42. The Bertz CT molecular complexity index is 979. The van der Waals surface area contributed by atoms with Crippen LogP contribution in [0, 0.1) is 20.2 Å². The normalized spacial score (nSPS) is 12.5. The lowest BCUT2D eigenvalue weighted by atomic mass is 9.91. The lowest BCUT2D eigenvalue weighted by Crippen LogP contribution is -2.19. The van der Waals surface area contributed by atoms with Crippen molar-refractivity contribution in [3.05, 3.63) is 55.4 Å². The van der Waals surface area contributed by atoms with E-state index in [0.717, 1.165) is 0 Å². The number of benzene rings is 1. The van der Waals surface area contributed by atoms with Gasteiger partial charge < -0.3 is 5.32 Å². The van der Waals surface area contributed by atoms with E-state index in [1.807, 2.05) is 5.32 Å². The lowest BCUT2D eigenvalue weighted by molar-refractivity contribution is -0.392. The average molecular weight is 453 g/mol. The summed E-state index contributed by atoms with van der Waals surface area (Å²) >= 11 is 0. The second-order valence-electron chi connectivity index (χ2n) is 7.24. The van der Waals surface area contributed by atoms with Crippen LogP contribution >= 0.6 is 0 Å². The zero-order valence-electron chi connectivity index (χ0n) is 15.9. The molecule has 1 heterocycles. The number of nitrogens with zero attached hydrogens (tertiary/aromatic N) is 4. The molecule has 15 heteroatoms. The van der Waals surface area contributed by atoms with Gasteiger partial charge in [0, 0.05) is 17.5 Å². The second kappa shape index (κ2) is 7.63. The van der Waals surface area contributed by atoms with E-state index in [1.54, 1.807) is 0 Å². The predicted octanol–water partition coefficient (Wildman–Crippen LogP) is 5.37. The molecule has 0 fully saturated rings. The fraction of sp³-hybridized carbons (Fsp3) is 0.375. The molecule has 0 amide bonds. The number of nitro benzene ring substituents is 2. The Labute approximate surface area is 169 Å². The van der Waals surface area contributed by atoms with Crippen LogP contribution in [-0.4, -0.2) is 19.8 Å². The zero-order chi connectivity index (χ0) is 23.9. The summed E-state index contributed by atoms with van der Waals surface area (Å²) in [5.74, 6) is -0.911. The minimum Gasteiger partial charge on any atom is -0.313 e. The summed E-state index contributed by atoms with van der Waals surface area (Å²) in [6.45, 7) is 4.51. The third-order valence-corrected chi connectivity index (χ3v) is 3.84. The van der Waals surface area contributed by atoms with Gasteiger partial charge in [0.05, 0.1) is 21.1 Å². The number of anilines is 2. The molecule has 0 aliphatic rings. The third-order valence-electron chi connectivity index (χ3n) is 3.84. The van der Waals surface area contributed by atoms with Crippen LogP contribution in [0.15, 0.2) is 18.2 Å². The highest BCUT2D eigenvalue weighted by Gasteiger charge is 2.39. The number of aromatic nitrogens is 2. The first-order valence-electron chi connectivity index (χ1n) is 8.19. The summed E-state index contributed by atoms with van der Waals surface area (Å²) in [5, 5.41) is 24.5. The van der Waals surface area contributed by atoms with Crippen molar-refractivity contribution in [3.63, 3.8) is 0 Å². The minimum atomic E-state index is -5.15. The largest absolute Gasteiger partial charge is 0.433 e.